The minimum Gasteiger partial charge on any atom is -0.493 e. The van der Waals surface area contributed by atoms with Crippen molar-refractivity contribution in [1.82, 2.24) is 19.8 Å². The molecule has 0 atom stereocenters. The fourth-order valence-electron chi connectivity index (χ4n) is 3.38. The summed E-state index contributed by atoms with van der Waals surface area (Å²) in [7, 11) is 5.40. The van der Waals surface area contributed by atoms with Gasteiger partial charge in [0.1, 0.15) is 0 Å². The molecule has 2 aromatic heterocycles. The third-order valence-corrected chi connectivity index (χ3v) is 6.15. The van der Waals surface area contributed by atoms with E-state index in [0.717, 1.165) is 48.0 Å². The molecule has 7 nitrogen and oxygen atoms in total. The van der Waals surface area contributed by atoms with Crippen LogP contribution in [0.15, 0.2) is 54.4 Å². The van der Waals surface area contributed by atoms with Crippen molar-refractivity contribution in [1.29, 1.82) is 0 Å². The van der Waals surface area contributed by atoms with Crippen LogP contribution in [0.4, 0.5) is 0 Å². The number of hydrogen-bond donors (Lipinski definition) is 1. The summed E-state index contributed by atoms with van der Waals surface area (Å²) in [6.07, 6.45) is 11.6. The van der Waals surface area contributed by atoms with Crippen molar-refractivity contribution >= 4 is 23.3 Å². The largest absolute Gasteiger partial charge is 0.493 e. The van der Waals surface area contributed by atoms with Gasteiger partial charge < -0.3 is 24.3 Å². The van der Waals surface area contributed by atoms with E-state index in [-0.39, 0.29) is 5.91 Å². The van der Waals surface area contributed by atoms with Crippen LogP contribution in [0, 0.1) is 0 Å². The Bertz CT molecular complexity index is 1030. The van der Waals surface area contributed by atoms with Crippen molar-refractivity contribution in [2.24, 2.45) is 0 Å². The third kappa shape index (κ3) is 7.76. The molecule has 3 rings (SSSR count). The molecule has 1 amide bonds. The van der Waals surface area contributed by atoms with Gasteiger partial charge in [0.05, 0.1) is 26.2 Å². The second kappa shape index (κ2) is 12.8. The summed E-state index contributed by atoms with van der Waals surface area (Å²) >= 11 is 1.64. The van der Waals surface area contributed by atoms with E-state index in [1.807, 2.05) is 35.0 Å². The van der Waals surface area contributed by atoms with Gasteiger partial charge >= 0.3 is 0 Å². The molecule has 0 aliphatic carbocycles. The van der Waals surface area contributed by atoms with Crippen LogP contribution < -0.4 is 14.8 Å². The number of rotatable bonds is 13. The number of benzene rings is 1. The number of nitrogens with one attached hydrogen (secondary N) is 1. The Morgan fingerprint density at radius 3 is 2.82 bits per heavy atom. The average molecular weight is 469 g/mol. The zero-order valence-electron chi connectivity index (χ0n) is 19.5. The quantitative estimate of drug-likeness (QED) is 0.384. The average Bonchev–Trinajstić information content (AvgIpc) is 3.52. The molecule has 0 saturated heterocycles. The maximum absolute atomic E-state index is 12.1. The summed E-state index contributed by atoms with van der Waals surface area (Å²) in [5.41, 5.74) is 2.29. The van der Waals surface area contributed by atoms with Gasteiger partial charge in [-0.1, -0.05) is 12.1 Å². The maximum atomic E-state index is 12.1. The number of likely N-dealkylation sites (N-methyl/N-ethyl adjacent to an activating group) is 1. The van der Waals surface area contributed by atoms with Gasteiger partial charge in [0, 0.05) is 42.2 Å². The van der Waals surface area contributed by atoms with Gasteiger partial charge in [-0.15, -0.1) is 11.3 Å². The van der Waals surface area contributed by atoms with Crippen molar-refractivity contribution in [2.75, 3.05) is 40.9 Å². The first-order valence-corrected chi connectivity index (χ1v) is 11.9. The Morgan fingerprint density at radius 2 is 2.06 bits per heavy atom. The van der Waals surface area contributed by atoms with Gasteiger partial charge in [-0.2, -0.15) is 0 Å². The Hall–Kier alpha value is -3.10. The van der Waals surface area contributed by atoms with E-state index < -0.39 is 0 Å². The molecule has 2 heterocycles. The normalized spacial score (nSPS) is 11.3. The second-order valence-electron chi connectivity index (χ2n) is 7.73. The first-order chi connectivity index (χ1) is 16.1. The highest BCUT2D eigenvalue weighted by Crippen LogP contribution is 2.27. The molecule has 0 aliphatic rings. The number of imidazole rings is 1. The SMILES string of the molecule is COc1ccc(CCN(C)CCCNC(=O)CC=Cc2cc(-n3ccnc3)cs2)cc1OC. The van der Waals surface area contributed by atoms with Crippen molar-refractivity contribution < 1.29 is 14.3 Å². The molecule has 0 unspecified atom stereocenters. The summed E-state index contributed by atoms with van der Waals surface area (Å²) in [4.78, 5) is 19.5. The predicted molar refractivity (Wildman–Crippen MR) is 133 cm³/mol. The molecule has 0 saturated carbocycles. The number of hydrogen-bond acceptors (Lipinski definition) is 6. The van der Waals surface area contributed by atoms with Gasteiger partial charge in [0.15, 0.2) is 11.5 Å². The van der Waals surface area contributed by atoms with Crippen molar-refractivity contribution in [3.05, 3.63) is 64.9 Å². The second-order valence-corrected chi connectivity index (χ2v) is 8.67. The minimum atomic E-state index is 0.0469. The third-order valence-electron chi connectivity index (χ3n) is 5.26. The molecule has 33 heavy (non-hydrogen) atoms. The summed E-state index contributed by atoms with van der Waals surface area (Å²) in [6, 6.07) is 8.11. The molecular weight excluding hydrogens is 436 g/mol. The van der Waals surface area contributed by atoms with E-state index in [2.05, 4.69) is 39.8 Å². The molecule has 0 fully saturated rings. The fourth-order valence-corrected chi connectivity index (χ4v) is 4.19. The van der Waals surface area contributed by atoms with Crippen LogP contribution in [0.25, 0.3) is 11.8 Å². The van der Waals surface area contributed by atoms with Crippen LogP contribution in [-0.4, -0.2) is 61.3 Å². The Labute approximate surface area is 199 Å². The van der Waals surface area contributed by atoms with E-state index >= 15 is 0 Å². The summed E-state index contributed by atoms with van der Waals surface area (Å²) < 4.78 is 12.6. The number of carbonyl (C=O) groups is 1. The Kier molecular flexibility index (Phi) is 9.53. The zero-order chi connectivity index (χ0) is 23.5. The first kappa shape index (κ1) is 24.5. The Balaban J connectivity index is 1.29. The smallest absolute Gasteiger partial charge is 0.223 e. The van der Waals surface area contributed by atoms with Crippen molar-refractivity contribution in [3.63, 3.8) is 0 Å². The van der Waals surface area contributed by atoms with E-state index in [4.69, 9.17) is 9.47 Å². The molecule has 8 heteroatoms. The molecule has 1 N–H and O–H groups in total. The van der Waals surface area contributed by atoms with Gasteiger partial charge in [-0.3, -0.25) is 4.79 Å². The summed E-state index contributed by atoms with van der Waals surface area (Å²) in [5.74, 6) is 1.55. The highest BCUT2D eigenvalue weighted by atomic mass is 32.1. The fraction of sp³-hybridized carbons (Fsp3) is 0.360. The van der Waals surface area contributed by atoms with Crippen LogP contribution in [0.5, 0.6) is 11.5 Å². The molecule has 3 aromatic rings. The number of aromatic nitrogens is 2. The highest BCUT2D eigenvalue weighted by Gasteiger charge is 2.06. The standard InChI is InChI=1S/C25H32N4O3S/c1-28(14-10-20-8-9-23(31-2)24(16-20)32-3)13-5-11-27-25(30)7-4-6-22-17-21(18-33-22)29-15-12-26-19-29/h4,6,8-9,12,15-19H,5,7,10-11,13-14H2,1-3H3,(H,27,30). The number of ether oxygens (including phenoxy) is 2. The van der Waals surface area contributed by atoms with Crippen LogP contribution >= 0.6 is 11.3 Å². The van der Waals surface area contributed by atoms with Crippen LogP contribution in [-0.2, 0) is 11.2 Å². The minimum absolute atomic E-state index is 0.0469. The lowest BCUT2D eigenvalue weighted by Gasteiger charge is -2.17. The van der Waals surface area contributed by atoms with Crippen molar-refractivity contribution in [2.45, 2.75) is 19.3 Å². The monoisotopic (exact) mass is 468 g/mol. The summed E-state index contributed by atoms with van der Waals surface area (Å²) in [6.45, 7) is 2.54. The zero-order valence-corrected chi connectivity index (χ0v) is 20.3. The van der Waals surface area contributed by atoms with E-state index in [9.17, 15) is 4.79 Å². The van der Waals surface area contributed by atoms with Gasteiger partial charge in [0.25, 0.3) is 0 Å². The molecule has 176 valence electrons. The number of nitrogens with zero attached hydrogens (tertiary/aromatic N) is 3. The highest BCUT2D eigenvalue weighted by molar-refractivity contribution is 7.11. The van der Waals surface area contributed by atoms with Gasteiger partial charge in [0.2, 0.25) is 5.91 Å². The molecule has 0 radical (unpaired) electrons. The van der Waals surface area contributed by atoms with Gasteiger partial charge in [-0.25, -0.2) is 4.98 Å². The number of thiophene rings is 1. The lowest BCUT2D eigenvalue weighted by Crippen LogP contribution is -2.28. The van der Waals surface area contributed by atoms with E-state index in [0.29, 0.717) is 13.0 Å². The number of carbonyl (C=O) groups excluding carboxylic acids is 1. The topological polar surface area (TPSA) is 68.6 Å². The molecular formula is C25H32N4O3S. The van der Waals surface area contributed by atoms with Crippen molar-refractivity contribution in [3.8, 4) is 17.2 Å². The van der Waals surface area contributed by atoms with Crippen LogP contribution in [0.2, 0.25) is 0 Å². The van der Waals surface area contributed by atoms with Crippen LogP contribution in [0.1, 0.15) is 23.3 Å². The summed E-state index contributed by atoms with van der Waals surface area (Å²) in [5, 5.41) is 5.07. The lowest BCUT2D eigenvalue weighted by molar-refractivity contribution is -0.120. The van der Waals surface area contributed by atoms with E-state index in [1.165, 1.54) is 5.56 Å². The number of amides is 1. The first-order valence-electron chi connectivity index (χ1n) is 11.0. The van der Waals surface area contributed by atoms with Gasteiger partial charge in [-0.05, 0) is 56.3 Å². The number of methoxy groups -OCH3 is 2. The van der Waals surface area contributed by atoms with Crippen LogP contribution in [0.3, 0.4) is 0 Å². The lowest BCUT2D eigenvalue weighted by atomic mass is 10.1. The molecule has 0 spiro atoms. The van der Waals surface area contributed by atoms with E-state index in [1.54, 1.807) is 38.1 Å². The molecule has 1 aromatic carbocycles. The maximum Gasteiger partial charge on any atom is 0.223 e. The predicted octanol–water partition coefficient (Wildman–Crippen LogP) is 4.04. The Morgan fingerprint density at radius 1 is 1.21 bits per heavy atom. The molecule has 0 aliphatic heterocycles. The molecule has 0 bridgehead atoms.